The van der Waals surface area contributed by atoms with Gasteiger partial charge in [-0.25, -0.2) is 17.3 Å². The monoisotopic (exact) mass is 309 g/mol. The van der Waals surface area contributed by atoms with E-state index < -0.39 is 20.8 Å². The Bertz CT molecular complexity index is 771. The molecular weight excluding hydrogens is 294 g/mol. The second-order valence-corrected chi connectivity index (χ2v) is 8.47. The third-order valence-corrected chi connectivity index (χ3v) is 6.44. The van der Waals surface area contributed by atoms with E-state index >= 15 is 0 Å². The number of nitrogens with one attached hydrogen (secondary N) is 1. The Morgan fingerprint density at radius 2 is 1.85 bits per heavy atom. The Morgan fingerprint density at radius 1 is 1.10 bits per heavy atom. The van der Waals surface area contributed by atoms with E-state index in [1.54, 1.807) is 0 Å². The first-order valence-corrected chi connectivity index (χ1v) is 9.38. The molecule has 2 aromatic rings. The summed E-state index contributed by atoms with van der Waals surface area (Å²) in [6.07, 6.45) is 0.529. The first-order chi connectivity index (χ1) is 9.53. The van der Waals surface area contributed by atoms with Crippen LogP contribution < -0.4 is 4.72 Å². The van der Waals surface area contributed by atoms with Crippen LogP contribution in [0.2, 0.25) is 0 Å². The molecule has 0 aromatic heterocycles. The molecule has 0 aliphatic carbocycles. The highest BCUT2D eigenvalue weighted by Crippen LogP contribution is 2.19. The zero-order valence-corrected chi connectivity index (χ0v) is 12.4. The molecule has 0 amide bonds. The van der Waals surface area contributed by atoms with Gasteiger partial charge in [0, 0.05) is 6.04 Å². The molecule has 0 saturated carbocycles. The molecule has 1 aliphatic heterocycles. The van der Waals surface area contributed by atoms with Crippen molar-refractivity contribution < 1.29 is 12.6 Å². The van der Waals surface area contributed by atoms with Crippen molar-refractivity contribution in [3.8, 4) is 0 Å². The summed E-state index contributed by atoms with van der Waals surface area (Å²) in [6, 6.07) is 13.3. The molecule has 2 aromatic carbocycles. The highest BCUT2D eigenvalue weighted by molar-refractivity contribution is 7.91. The summed E-state index contributed by atoms with van der Waals surface area (Å²) in [6.45, 7) is 0. The summed E-state index contributed by atoms with van der Waals surface area (Å²) in [5, 5.41) is 2.12. The first-order valence-electron chi connectivity index (χ1n) is 6.41. The molecule has 6 heteroatoms. The average Bonchev–Trinajstić information content (AvgIpc) is 2.77. The van der Waals surface area contributed by atoms with Crippen LogP contribution >= 0.6 is 0 Å². The fourth-order valence-electron chi connectivity index (χ4n) is 2.39. The maximum atomic E-state index is 12.3. The molecule has 20 heavy (non-hydrogen) atoms. The number of hydrogen-bond donors (Lipinski definition) is 1. The molecule has 3 rings (SSSR count). The molecule has 1 aliphatic rings. The lowest BCUT2D eigenvalue weighted by atomic mass is 10.1. The van der Waals surface area contributed by atoms with Gasteiger partial charge in [0.1, 0.15) is 11.0 Å². The third-order valence-electron chi connectivity index (χ3n) is 3.44. The normalized spacial score (nSPS) is 22.9. The minimum absolute atomic E-state index is 0.0757. The van der Waals surface area contributed by atoms with Gasteiger partial charge >= 0.3 is 0 Å². The van der Waals surface area contributed by atoms with Gasteiger partial charge in [0.15, 0.2) is 9.84 Å². The van der Waals surface area contributed by atoms with Gasteiger partial charge in [-0.15, -0.1) is 0 Å². The zero-order chi connectivity index (χ0) is 14.2. The van der Waals surface area contributed by atoms with Crippen molar-refractivity contribution in [2.24, 2.45) is 0 Å². The standard InChI is InChI=1S/C14H15NO3S2/c16-19(15-13-7-8-20(17,18)10-13)14-6-5-11-3-1-2-4-12(11)9-14/h1-6,9,13,15H,7-8,10H2. The topological polar surface area (TPSA) is 63.2 Å². The fourth-order valence-corrected chi connectivity index (χ4v) is 5.23. The molecule has 1 fully saturated rings. The molecule has 106 valence electrons. The molecule has 4 nitrogen and oxygen atoms in total. The van der Waals surface area contributed by atoms with E-state index in [-0.39, 0.29) is 17.5 Å². The van der Waals surface area contributed by atoms with Crippen LogP contribution in [0.1, 0.15) is 6.42 Å². The predicted octanol–water partition coefficient (Wildman–Crippen LogP) is 1.64. The predicted molar refractivity (Wildman–Crippen MR) is 80.6 cm³/mol. The Kier molecular flexibility index (Phi) is 3.62. The van der Waals surface area contributed by atoms with E-state index in [2.05, 4.69) is 4.72 Å². The van der Waals surface area contributed by atoms with Crippen molar-refractivity contribution in [1.29, 1.82) is 0 Å². The highest BCUT2D eigenvalue weighted by Gasteiger charge is 2.29. The largest absolute Gasteiger partial charge is 0.237 e. The van der Waals surface area contributed by atoms with Crippen LogP contribution in [-0.2, 0) is 20.8 Å². The van der Waals surface area contributed by atoms with Gasteiger partial charge < -0.3 is 0 Å². The Hall–Kier alpha value is -1.24. The summed E-state index contributed by atoms with van der Waals surface area (Å²) in [5.74, 6) is 0.256. The Balaban J connectivity index is 1.79. The quantitative estimate of drug-likeness (QED) is 0.937. The summed E-state index contributed by atoms with van der Waals surface area (Å²) in [4.78, 5) is 0.674. The smallest absolute Gasteiger partial charge is 0.151 e. The second kappa shape index (κ2) is 5.27. The van der Waals surface area contributed by atoms with Crippen LogP contribution in [-0.4, -0.2) is 30.2 Å². The number of fused-ring (bicyclic) bond motifs is 1. The van der Waals surface area contributed by atoms with Gasteiger partial charge in [-0.1, -0.05) is 30.3 Å². The van der Waals surface area contributed by atoms with Crippen LogP contribution in [0.3, 0.4) is 0 Å². The summed E-state index contributed by atoms with van der Waals surface area (Å²) in [7, 11) is -4.33. The van der Waals surface area contributed by atoms with Crippen LogP contribution in [0.4, 0.5) is 0 Å². The van der Waals surface area contributed by atoms with Crippen molar-refractivity contribution in [3.05, 3.63) is 42.5 Å². The van der Waals surface area contributed by atoms with Gasteiger partial charge in [0.05, 0.1) is 16.4 Å². The lowest BCUT2D eigenvalue weighted by Gasteiger charge is -2.10. The van der Waals surface area contributed by atoms with Gasteiger partial charge in [0.25, 0.3) is 0 Å². The van der Waals surface area contributed by atoms with Gasteiger partial charge in [-0.2, -0.15) is 0 Å². The maximum Gasteiger partial charge on any atom is 0.151 e. The molecule has 0 spiro atoms. The van der Waals surface area contributed by atoms with E-state index in [1.165, 1.54) is 0 Å². The molecule has 0 bridgehead atoms. The molecule has 2 unspecified atom stereocenters. The summed E-state index contributed by atoms with van der Waals surface area (Å²) in [5.41, 5.74) is 0. The summed E-state index contributed by atoms with van der Waals surface area (Å²) >= 11 is 0. The second-order valence-electron chi connectivity index (χ2n) is 5.00. The van der Waals surface area contributed by atoms with Gasteiger partial charge in [-0.3, -0.25) is 0 Å². The van der Waals surface area contributed by atoms with Crippen LogP contribution in [0.15, 0.2) is 47.4 Å². The number of benzene rings is 2. The van der Waals surface area contributed by atoms with Crippen molar-refractivity contribution in [2.45, 2.75) is 17.4 Å². The van der Waals surface area contributed by atoms with E-state index in [0.29, 0.717) is 11.3 Å². The van der Waals surface area contributed by atoms with Crippen LogP contribution in [0, 0.1) is 0 Å². The fraction of sp³-hybridized carbons (Fsp3) is 0.286. The summed E-state index contributed by atoms with van der Waals surface area (Å²) < 4.78 is 38.0. The van der Waals surface area contributed by atoms with Gasteiger partial charge in [-0.05, 0) is 29.3 Å². The Labute approximate surface area is 120 Å². The molecule has 2 atom stereocenters. The highest BCUT2D eigenvalue weighted by atomic mass is 32.2. The lowest BCUT2D eigenvalue weighted by molar-refractivity contribution is 0.600. The van der Waals surface area contributed by atoms with E-state index in [1.807, 2.05) is 42.5 Å². The number of sulfone groups is 1. The number of hydrogen-bond acceptors (Lipinski definition) is 3. The minimum Gasteiger partial charge on any atom is -0.237 e. The van der Waals surface area contributed by atoms with Crippen molar-refractivity contribution in [3.63, 3.8) is 0 Å². The van der Waals surface area contributed by atoms with Crippen molar-refractivity contribution in [2.75, 3.05) is 11.5 Å². The maximum absolute atomic E-state index is 12.3. The van der Waals surface area contributed by atoms with Gasteiger partial charge in [0.2, 0.25) is 0 Å². The molecule has 1 saturated heterocycles. The molecule has 0 radical (unpaired) electrons. The Morgan fingerprint density at radius 3 is 2.55 bits per heavy atom. The SMILES string of the molecule is O=S(NC1CCS(=O)(=O)C1)c1ccc2ccccc2c1. The third kappa shape index (κ3) is 2.92. The minimum atomic E-state index is -2.95. The molecular formula is C14H15NO3S2. The number of rotatable bonds is 3. The molecule has 1 N–H and O–H groups in total. The van der Waals surface area contributed by atoms with E-state index in [9.17, 15) is 12.6 Å². The van der Waals surface area contributed by atoms with Crippen LogP contribution in [0.25, 0.3) is 10.8 Å². The van der Waals surface area contributed by atoms with Crippen LogP contribution in [0.5, 0.6) is 0 Å². The molecule has 1 heterocycles. The van der Waals surface area contributed by atoms with E-state index in [4.69, 9.17) is 0 Å². The van der Waals surface area contributed by atoms with Crippen molar-refractivity contribution >= 4 is 31.6 Å². The average molecular weight is 309 g/mol. The van der Waals surface area contributed by atoms with E-state index in [0.717, 1.165) is 10.8 Å². The first kappa shape index (κ1) is 13.7. The van der Waals surface area contributed by atoms with Crippen molar-refractivity contribution in [1.82, 2.24) is 4.72 Å². The zero-order valence-electron chi connectivity index (χ0n) is 10.8. The lowest BCUT2D eigenvalue weighted by Crippen LogP contribution is -2.31.